The molecule has 1 saturated carbocycles. The molecule has 0 aromatic heterocycles. The molecule has 1 rings (SSSR count). The average Bonchev–Trinajstić information content (AvgIpc) is 2.28. The maximum atomic E-state index is 11.9. The number of thioether (sulfide) groups is 1. The van der Waals surface area contributed by atoms with Gasteiger partial charge in [0.25, 0.3) is 0 Å². The Balaban J connectivity index is 2.13. The molecule has 0 aromatic rings. The first kappa shape index (κ1) is 15.6. The number of carbonyl (C=O) groups excluding carboxylic acids is 1. The lowest BCUT2D eigenvalue weighted by Crippen LogP contribution is -2.39. The minimum Gasteiger partial charge on any atom is -0.396 e. The second-order valence-electron chi connectivity index (χ2n) is 4.58. The van der Waals surface area contributed by atoms with E-state index in [0.29, 0.717) is 17.7 Å². The Morgan fingerprint density at radius 3 is 2.39 bits per heavy atom. The Morgan fingerprint density at radius 2 is 1.89 bits per heavy atom. The summed E-state index contributed by atoms with van der Waals surface area (Å²) in [5.41, 5.74) is 0. The first-order valence-corrected chi connectivity index (χ1v) is 7.11. The molecule has 0 bridgehead atoms. The fourth-order valence-electron chi connectivity index (χ4n) is 2.02. The van der Waals surface area contributed by atoms with Gasteiger partial charge in [-0.15, -0.1) is 11.8 Å². The number of carbonyl (C=O) groups is 1. The third kappa shape index (κ3) is 6.49. The maximum Gasteiger partial charge on any atom is 0.397 e. The van der Waals surface area contributed by atoms with Gasteiger partial charge in [-0.05, 0) is 31.6 Å². The van der Waals surface area contributed by atoms with Gasteiger partial charge in [-0.1, -0.05) is 0 Å². The third-order valence-electron chi connectivity index (χ3n) is 2.97. The molecule has 0 radical (unpaired) electrons. The molecular formula is C11H18F3NO2S. The predicted molar refractivity (Wildman–Crippen MR) is 64.4 cm³/mol. The molecule has 0 spiro atoms. The van der Waals surface area contributed by atoms with Crippen LogP contribution in [0.3, 0.4) is 0 Å². The van der Waals surface area contributed by atoms with Gasteiger partial charge in [0.05, 0.1) is 11.5 Å². The molecule has 7 heteroatoms. The van der Waals surface area contributed by atoms with Crippen molar-refractivity contribution in [2.45, 2.75) is 37.9 Å². The highest BCUT2D eigenvalue weighted by atomic mass is 32.2. The Bertz CT molecular complexity index is 266. The Kier molecular flexibility index (Phi) is 6.28. The van der Waals surface area contributed by atoms with Crippen LogP contribution < -0.4 is 5.32 Å². The zero-order valence-corrected chi connectivity index (χ0v) is 10.8. The molecule has 0 atom stereocenters. The number of hydrogen-bond acceptors (Lipinski definition) is 3. The first-order valence-electron chi connectivity index (χ1n) is 5.95. The van der Waals surface area contributed by atoms with E-state index < -0.39 is 11.9 Å². The summed E-state index contributed by atoms with van der Waals surface area (Å²) in [5.74, 6) is -1.17. The van der Waals surface area contributed by atoms with Crippen LogP contribution in [0.4, 0.5) is 13.2 Å². The molecule has 18 heavy (non-hydrogen) atoms. The van der Waals surface area contributed by atoms with E-state index in [1.54, 1.807) is 0 Å². The summed E-state index contributed by atoms with van der Waals surface area (Å²) in [7, 11) is 0. The summed E-state index contributed by atoms with van der Waals surface area (Å²) in [6.07, 6.45) is -0.916. The normalized spacial score (nSPS) is 24.9. The molecule has 1 aliphatic carbocycles. The standard InChI is InChI=1S/C11H18F3NO2S/c12-11(13,14)7-18-6-10(17)15-9-3-1-8(5-16)2-4-9/h8-9,16H,1-7H2,(H,15,17). The molecule has 0 aliphatic heterocycles. The highest BCUT2D eigenvalue weighted by Gasteiger charge is 2.27. The minimum atomic E-state index is -4.22. The van der Waals surface area contributed by atoms with Gasteiger partial charge < -0.3 is 10.4 Å². The van der Waals surface area contributed by atoms with Crippen molar-refractivity contribution < 1.29 is 23.1 Å². The number of amides is 1. The van der Waals surface area contributed by atoms with Crippen LogP contribution in [-0.4, -0.2) is 41.3 Å². The van der Waals surface area contributed by atoms with Gasteiger partial charge >= 0.3 is 6.18 Å². The van der Waals surface area contributed by atoms with E-state index in [1.165, 1.54) is 0 Å². The van der Waals surface area contributed by atoms with Crippen molar-refractivity contribution in [3.63, 3.8) is 0 Å². The topological polar surface area (TPSA) is 49.3 Å². The highest BCUT2D eigenvalue weighted by Crippen LogP contribution is 2.24. The molecule has 0 aromatic carbocycles. The van der Waals surface area contributed by atoms with Crippen LogP contribution in [0.5, 0.6) is 0 Å². The van der Waals surface area contributed by atoms with Gasteiger partial charge in [0, 0.05) is 12.6 Å². The summed E-state index contributed by atoms with van der Waals surface area (Å²) >= 11 is 0.585. The van der Waals surface area contributed by atoms with Gasteiger partial charge in [0.2, 0.25) is 5.91 Å². The Morgan fingerprint density at radius 1 is 1.28 bits per heavy atom. The number of hydrogen-bond donors (Lipinski definition) is 2. The predicted octanol–water partition coefficient (Wildman–Crippen LogP) is 1.95. The van der Waals surface area contributed by atoms with Crippen LogP contribution in [0.15, 0.2) is 0 Å². The van der Waals surface area contributed by atoms with Crippen LogP contribution in [-0.2, 0) is 4.79 Å². The van der Waals surface area contributed by atoms with Crippen LogP contribution in [0.1, 0.15) is 25.7 Å². The van der Waals surface area contributed by atoms with Gasteiger partial charge in [-0.25, -0.2) is 0 Å². The summed E-state index contributed by atoms with van der Waals surface area (Å²) in [6, 6.07) is 0.0480. The van der Waals surface area contributed by atoms with E-state index in [-0.39, 0.29) is 24.3 Å². The zero-order valence-electron chi connectivity index (χ0n) is 10.0. The van der Waals surface area contributed by atoms with E-state index in [9.17, 15) is 18.0 Å². The van der Waals surface area contributed by atoms with Crippen molar-refractivity contribution in [1.82, 2.24) is 5.32 Å². The number of rotatable bonds is 5. The lowest BCUT2D eigenvalue weighted by atomic mass is 9.86. The van der Waals surface area contributed by atoms with Crippen molar-refractivity contribution in [2.24, 2.45) is 5.92 Å². The SMILES string of the molecule is O=C(CSCC(F)(F)F)NC1CCC(CO)CC1. The fourth-order valence-corrected chi connectivity index (χ4v) is 2.62. The Labute approximate surface area is 109 Å². The van der Waals surface area contributed by atoms with E-state index in [1.807, 2.05) is 0 Å². The minimum absolute atomic E-state index is 0.0480. The van der Waals surface area contributed by atoms with Gasteiger partial charge in [-0.2, -0.15) is 13.2 Å². The van der Waals surface area contributed by atoms with E-state index in [0.717, 1.165) is 25.7 Å². The second kappa shape index (κ2) is 7.23. The summed E-state index contributed by atoms with van der Waals surface area (Å²) in [4.78, 5) is 11.4. The molecule has 1 amide bonds. The number of aliphatic hydroxyl groups is 1. The second-order valence-corrected chi connectivity index (χ2v) is 5.56. The molecule has 106 valence electrons. The lowest BCUT2D eigenvalue weighted by Gasteiger charge is -2.27. The van der Waals surface area contributed by atoms with Gasteiger partial charge in [0.15, 0.2) is 0 Å². The van der Waals surface area contributed by atoms with Gasteiger partial charge in [0.1, 0.15) is 0 Å². The molecule has 2 N–H and O–H groups in total. The molecular weight excluding hydrogens is 267 g/mol. The fraction of sp³-hybridized carbons (Fsp3) is 0.909. The zero-order chi connectivity index (χ0) is 13.6. The van der Waals surface area contributed by atoms with Crippen LogP contribution >= 0.6 is 11.8 Å². The number of halogens is 3. The highest BCUT2D eigenvalue weighted by molar-refractivity contribution is 8.00. The largest absolute Gasteiger partial charge is 0.397 e. The van der Waals surface area contributed by atoms with Gasteiger partial charge in [-0.3, -0.25) is 4.79 Å². The van der Waals surface area contributed by atoms with E-state index >= 15 is 0 Å². The number of alkyl halides is 3. The van der Waals surface area contributed by atoms with Crippen molar-refractivity contribution in [2.75, 3.05) is 18.1 Å². The van der Waals surface area contributed by atoms with Crippen LogP contribution in [0.2, 0.25) is 0 Å². The Hall–Kier alpha value is -0.430. The van der Waals surface area contributed by atoms with E-state index in [2.05, 4.69) is 5.32 Å². The summed E-state index contributed by atoms with van der Waals surface area (Å²) in [6.45, 7) is 0.169. The van der Waals surface area contributed by atoms with Crippen LogP contribution in [0, 0.1) is 5.92 Å². The molecule has 3 nitrogen and oxygen atoms in total. The summed E-state index contributed by atoms with van der Waals surface area (Å²) in [5, 5.41) is 11.7. The van der Waals surface area contributed by atoms with E-state index in [4.69, 9.17) is 5.11 Å². The number of nitrogens with one attached hydrogen (secondary N) is 1. The third-order valence-corrected chi connectivity index (χ3v) is 3.97. The van der Waals surface area contributed by atoms with Crippen LogP contribution in [0.25, 0.3) is 0 Å². The number of aliphatic hydroxyl groups excluding tert-OH is 1. The average molecular weight is 285 g/mol. The molecule has 0 saturated heterocycles. The van der Waals surface area contributed by atoms with Crippen molar-refractivity contribution >= 4 is 17.7 Å². The van der Waals surface area contributed by atoms with Crippen molar-refractivity contribution in [3.8, 4) is 0 Å². The lowest BCUT2D eigenvalue weighted by molar-refractivity contribution is -0.119. The smallest absolute Gasteiger partial charge is 0.396 e. The molecule has 1 aliphatic rings. The first-order chi connectivity index (χ1) is 8.40. The molecule has 1 fully saturated rings. The quantitative estimate of drug-likeness (QED) is 0.811. The monoisotopic (exact) mass is 285 g/mol. The van der Waals surface area contributed by atoms with Crippen molar-refractivity contribution in [3.05, 3.63) is 0 Å². The maximum absolute atomic E-state index is 11.9. The summed E-state index contributed by atoms with van der Waals surface area (Å²) < 4.78 is 35.6. The van der Waals surface area contributed by atoms with Crippen molar-refractivity contribution in [1.29, 1.82) is 0 Å². The molecule has 0 heterocycles. The molecule has 0 unspecified atom stereocenters.